The van der Waals surface area contributed by atoms with Gasteiger partial charge in [-0.1, -0.05) is 30.0 Å². The van der Waals surface area contributed by atoms with Crippen molar-refractivity contribution in [2.24, 2.45) is 10.7 Å². The fourth-order valence-corrected chi connectivity index (χ4v) is 3.52. The first-order valence-corrected chi connectivity index (χ1v) is 7.88. The van der Waals surface area contributed by atoms with Gasteiger partial charge in [-0.2, -0.15) is 13.8 Å². The van der Waals surface area contributed by atoms with Gasteiger partial charge in [0.05, 0.1) is 5.54 Å². The monoisotopic (exact) mass is 319 g/mol. The molecule has 0 aliphatic carbocycles. The van der Waals surface area contributed by atoms with Crippen LogP contribution in [0.2, 0.25) is 0 Å². The molecular formula is C16H15F2N3S. The van der Waals surface area contributed by atoms with E-state index in [9.17, 15) is 8.78 Å². The molecule has 114 valence electrons. The molecule has 0 radical (unpaired) electrons. The summed E-state index contributed by atoms with van der Waals surface area (Å²) in [6.45, 7) is 2.01. The molecule has 3 nitrogen and oxygen atoms in total. The Morgan fingerprint density at radius 3 is 2.77 bits per heavy atom. The number of halogens is 2. The van der Waals surface area contributed by atoms with Gasteiger partial charge in [-0.15, -0.1) is 0 Å². The number of benzene rings is 1. The molecule has 3 rings (SSSR count). The highest BCUT2D eigenvalue weighted by atomic mass is 32.2. The lowest BCUT2D eigenvalue weighted by molar-refractivity contribution is 0.482. The standard InChI is InChI=1S/C16H15F2N3S/c1-16(7-8-22-15(19)21-16)11-4-2-3-10(9-11)12-5-6-13(17)20-14(12)18/h2-6,9H,7-8H2,1H3,(H2,19,21)/t16-/m0/s1. The Morgan fingerprint density at radius 1 is 1.23 bits per heavy atom. The summed E-state index contributed by atoms with van der Waals surface area (Å²) < 4.78 is 26.8. The molecule has 1 aromatic heterocycles. The van der Waals surface area contributed by atoms with Crippen LogP contribution in [0.5, 0.6) is 0 Å². The summed E-state index contributed by atoms with van der Waals surface area (Å²) in [5.74, 6) is -0.752. The highest BCUT2D eigenvalue weighted by Gasteiger charge is 2.29. The normalized spacial score (nSPS) is 21.5. The molecule has 6 heteroatoms. The van der Waals surface area contributed by atoms with E-state index < -0.39 is 17.4 Å². The first-order chi connectivity index (χ1) is 10.5. The zero-order valence-corrected chi connectivity index (χ0v) is 12.8. The minimum atomic E-state index is -0.828. The average Bonchev–Trinajstić information content (AvgIpc) is 2.47. The summed E-state index contributed by atoms with van der Waals surface area (Å²) in [5, 5.41) is 0.564. The van der Waals surface area contributed by atoms with Gasteiger partial charge in [0.15, 0.2) is 5.17 Å². The molecule has 0 amide bonds. The van der Waals surface area contributed by atoms with E-state index in [1.165, 1.54) is 17.8 Å². The van der Waals surface area contributed by atoms with Crippen molar-refractivity contribution in [2.75, 3.05) is 5.75 Å². The van der Waals surface area contributed by atoms with Gasteiger partial charge in [0, 0.05) is 11.3 Å². The quantitative estimate of drug-likeness (QED) is 0.859. The van der Waals surface area contributed by atoms with Gasteiger partial charge < -0.3 is 5.73 Å². The Hall–Kier alpha value is -1.95. The van der Waals surface area contributed by atoms with Crippen LogP contribution in [0.15, 0.2) is 41.4 Å². The smallest absolute Gasteiger partial charge is 0.223 e. The molecule has 0 spiro atoms. The minimum Gasteiger partial charge on any atom is -0.379 e. The van der Waals surface area contributed by atoms with Crippen LogP contribution in [0, 0.1) is 11.9 Å². The van der Waals surface area contributed by atoms with Gasteiger partial charge in [-0.25, -0.2) is 0 Å². The summed E-state index contributed by atoms with van der Waals surface area (Å²) in [7, 11) is 0. The zero-order valence-electron chi connectivity index (χ0n) is 12.0. The molecule has 2 aromatic rings. The number of hydrogen-bond acceptors (Lipinski definition) is 4. The van der Waals surface area contributed by atoms with E-state index >= 15 is 0 Å². The lowest BCUT2D eigenvalue weighted by atomic mass is 9.88. The van der Waals surface area contributed by atoms with Gasteiger partial charge in [-0.3, -0.25) is 4.99 Å². The van der Waals surface area contributed by atoms with Crippen molar-refractivity contribution < 1.29 is 8.78 Å². The molecule has 0 unspecified atom stereocenters. The van der Waals surface area contributed by atoms with Gasteiger partial charge in [0.2, 0.25) is 11.9 Å². The molecule has 0 bridgehead atoms. The third-order valence-electron chi connectivity index (χ3n) is 3.81. The maximum atomic E-state index is 13.9. The van der Waals surface area contributed by atoms with Crippen molar-refractivity contribution in [1.82, 2.24) is 4.98 Å². The van der Waals surface area contributed by atoms with Crippen LogP contribution in [0.4, 0.5) is 8.78 Å². The van der Waals surface area contributed by atoms with E-state index in [0.717, 1.165) is 23.8 Å². The second-order valence-electron chi connectivity index (χ2n) is 5.38. The summed E-state index contributed by atoms with van der Waals surface area (Å²) in [6.07, 6.45) is 0.853. The van der Waals surface area contributed by atoms with Crippen molar-refractivity contribution in [3.05, 3.63) is 53.9 Å². The molecule has 2 N–H and O–H groups in total. The maximum Gasteiger partial charge on any atom is 0.223 e. The Kier molecular flexibility index (Phi) is 3.87. The first-order valence-electron chi connectivity index (χ1n) is 6.89. The SMILES string of the molecule is C[C@@]1(c2cccc(-c3ccc(F)nc3F)c2)CCSC(N)=N1. The average molecular weight is 319 g/mol. The largest absolute Gasteiger partial charge is 0.379 e. The third-order valence-corrected chi connectivity index (χ3v) is 4.60. The van der Waals surface area contributed by atoms with Gasteiger partial charge in [-0.05, 0) is 42.7 Å². The van der Waals surface area contributed by atoms with Crippen molar-refractivity contribution in [3.63, 3.8) is 0 Å². The first kappa shape index (κ1) is 15.0. The molecule has 1 aliphatic heterocycles. The molecule has 1 atom stereocenters. The Bertz CT molecular complexity index is 748. The summed E-state index contributed by atoms with van der Waals surface area (Å²) in [4.78, 5) is 7.78. The Morgan fingerprint density at radius 2 is 2.05 bits per heavy atom. The van der Waals surface area contributed by atoms with Crippen LogP contribution in [0.1, 0.15) is 18.9 Å². The number of thioether (sulfide) groups is 1. The molecule has 1 aromatic carbocycles. The van der Waals surface area contributed by atoms with E-state index in [1.807, 2.05) is 25.1 Å². The minimum absolute atomic E-state index is 0.272. The summed E-state index contributed by atoms with van der Waals surface area (Å²) in [5.41, 5.74) is 7.29. The lowest BCUT2D eigenvalue weighted by Crippen LogP contribution is -2.28. The van der Waals surface area contributed by atoms with Crippen LogP contribution < -0.4 is 5.73 Å². The van der Waals surface area contributed by atoms with Crippen LogP contribution in [-0.4, -0.2) is 15.9 Å². The summed E-state index contributed by atoms with van der Waals surface area (Å²) >= 11 is 1.54. The second kappa shape index (κ2) is 5.68. The predicted molar refractivity (Wildman–Crippen MR) is 85.6 cm³/mol. The lowest BCUT2D eigenvalue weighted by Gasteiger charge is -2.30. The van der Waals surface area contributed by atoms with E-state index in [0.29, 0.717) is 10.7 Å². The molecule has 0 saturated heterocycles. The van der Waals surface area contributed by atoms with E-state index in [1.54, 1.807) is 6.07 Å². The Labute approximate surface area is 131 Å². The van der Waals surface area contributed by atoms with E-state index in [4.69, 9.17) is 5.73 Å². The molecule has 0 fully saturated rings. The molecule has 2 heterocycles. The number of pyridine rings is 1. The van der Waals surface area contributed by atoms with Crippen molar-refractivity contribution in [3.8, 4) is 11.1 Å². The molecule has 1 aliphatic rings. The molecule has 0 saturated carbocycles. The Balaban J connectivity index is 2.05. The van der Waals surface area contributed by atoms with Crippen molar-refractivity contribution >= 4 is 16.9 Å². The number of aliphatic imine (C=N–C) groups is 1. The number of rotatable bonds is 2. The van der Waals surface area contributed by atoms with Crippen LogP contribution in [-0.2, 0) is 5.54 Å². The zero-order chi connectivity index (χ0) is 15.7. The van der Waals surface area contributed by atoms with Gasteiger partial charge >= 0.3 is 0 Å². The highest BCUT2D eigenvalue weighted by Crippen LogP contribution is 2.36. The molecular weight excluding hydrogens is 304 g/mol. The predicted octanol–water partition coefficient (Wildman–Crippen LogP) is 3.69. The van der Waals surface area contributed by atoms with E-state index in [2.05, 4.69) is 9.98 Å². The van der Waals surface area contributed by atoms with Gasteiger partial charge in [0.1, 0.15) is 0 Å². The third kappa shape index (κ3) is 2.83. The second-order valence-corrected chi connectivity index (χ2v) is 6.49. The number of hydrogen-bond donors (Lipinski definition) is 1. The molecule has 22 heavy (non-hydrogen) atoms. The summed E-state index contributed by atoms with van der Waals surface area (Å²) in [6, 6.07) is 9.98. The van der Waals surface area contributed by atoms with Gasteiger partial charge in [0.25, 0.3) is 0 Å². The number of amidine groups is 1. The fraction of sp³-hybridized carbons (Fsp3) is 0.250. The highest BCUT2D eigenvalue weighted by molar-refractivity contribution is 8.13. The van der Waals surface area contributed by atoms with Crippen molar-refractivity contribution in [2.45, 2.75) is 18.9 Å². The number of aromatic nitrogens is 1. The topological polar surface area (TPSA) is 51.3 Å². The van der Waals surface area contributed by atoms with Crippen LogP contribution in [0.3, 0.4) is 0 Å². The number of nitrogens with two attached hydrogens (primary N) is 1. The van der Waals surface area contributed by atoms with E-state index in [-0.39, 0.29) is 5.56 Å². The van der Waals surface area contributed by atoms with Crippen molar-refractivity contribution in [1.29, 1.82) is 0 Å². The fourth-order valence-electron chi connectivity index (χ4n) is 2.54. The van der Waals surface area contributed by atoms with Crippen LogP contribution >= 0.6 is 11.8 Å². The number of nitrogens with zero attached hydrogens (tertiary/aromatic N) is 2. The maximum absolute atomic E-state index is 13.9. The van der Waals surface area contributed by atoms with Crippen LogP contribution in [0.25, 0.3) is 11.1 Å².